The first-order valence-corrected chi connectivity index (χ1v) is 33.0. The fourth-order valence-electron chi connectivity index (χ4n) is 11.3. The molecule has 510 valence electrons. The Morgan fingerprint density at radius 3 is 1.46 bits per heavy atom. The van der Waals surface area contributed by atoms with Crippen molar-refractivity contribution in [1.29, 1.82) is 0 Å². The molecule has 1 atom stereocenters. The van der Waals surface area contributed by atoms with Crippen LogP contribution in [0, 0.1) is 20.8 Å². The minimum absolute atomic E-state index is 0. The van der Waals surface area contributed by atoms with Crippen LogP contribution in [0.1, 0.15) is 145 Å². The Kier molecular flexibility index (Phi) is 21.1. The van der Waals surface area contributed by atoms with Crippen LogP contribution in [0.25, 0.3) is 102 Å². The average molecular weight is 1320 g/mol. The molecule has 9 aromatic heterocycles. The van der Waals surface area contributed by atoms with Gasteiger partial charge in [-0.2, -0.15) is 0 Å². The third kappa shape index (κ3) is 16.3. The van der Waals surface area contributed by atoms with E-state index in [1.165, 1.54) is 30.0 Å². The molecule has 1 fully saturated rings. The monoisotopic (exact) mass is 1320 g/mol. The molecule has 1 aliphatic carbocycles. The maximum Gasteiger partial charge on any atom is 0.268 e. The number of aryl methyl sites for hydroxylation is 3. The normalized spacial score (nSPS) is 12.8. The van der Waals surface area contributed by atoms with Gasteiger partial charge in [0.15, 0.2) is 11.5 Å². The van der Waals surface area contributed by atoms with E-state index in [1.807, 2.05) is 146 Å². The molecule has 0 bridgehead atoms. The highest BCUT2D eigenvalue weighted by molar-refractivity contribution is 5.70. The van der Waals surface area contributed by atoms with E-state index in [-0.39, 0.29) is 58.0 Å². The summed E-state index contributed by atoms with van der Waals surface area (Å²) in [5, 5.41) is 23.5. The van der Waals surface area contributed by atoms with E-state index in [0.29, 0.717) is 57.3 Å². The second-order valence-electron chi connectivity index (χ2n) is 26.2. The van der Waals surface area contributed by atoms with Gasteiger partial charge in [0, 0.05) is 131 Å². The molecule has 0 aliphatic heterocycles. The van der Waals surface area contributed by atoms with E-state index >= 15 is 0 Å². The van der Waals surface area contributed by atoms with Crippen LogP contribution in [0.2, 0.25) is 0 Å². The van der Waals surface area contributed by atoms with Crippen LogP contribution in [0.15, 0.2) is 186 Å². The first kappa shape index (κ1) is 68.6. The summed E-state index contributed by atoms with van der Waals surface area (Å²) in [5.41, 5.74) is 22.0. The Morgan fingerprint density at radius 1 is 0.531 bits per heavy atom. The fourth-order valence-corrected chi connectivity index (χ4v) is 11.3. The second-order valence-corrected chi connectivity index (χ2v) is 26.2. The molecular weight excluding hydrogens is 1230 g/mol. The van der Waals surface area contributed by atoms with Crippen molar-refractivity contribution in [3.05, 3.63) is 223 Å². The zero-order chi connectivity index (χ0) is 69.4. The summed E-state index contributed by atoms with van der Waals surface area (Å²) in [6.45, 7) is 23.5. The molecule has 1 unspecified atom stereocenters. The SMILES string of the molecule is CNCc1ccc(-c2cc(-c3nc(-c4ccc(=O)n(C5CCCC5)c4)cnc3C)on2)cc1.Cc1ncc(-c2ccc(=O)n(C(C)C)c2)nc1-c1cc(-c2ccc(CNC(C)(C)C)cc2)no1.Cc1ncc(-c2ccc(=O)n(C(C)C)c2)nc1-c1nnc(-c2cccc(C(C)N)c2)o1.[HH].[HH].[HH].[HH]. The summed E-state index contributed by atoms with van der Waals surface area (Å²) in [6, 6.07) is 38.3. The van der Waals surface area contributed by atoms with Gasteiger partial charge in [0.25, 0.3) is 22.6 Å². The zero-order valence-corrected chi connectivity index (χ0v) is 57.4. The summed E-state index contributed by atoms with van der Waals surface area (Å²) < 4.78 is 22.4. The van der Waals surface area contributed by atoms with Gasteiger partial charge >= 0.3 is 0 Å². The largest absolute Gasteiger partial charge is 0.415 e. The molecular formula is C76H90N16O6. The summed E-state index contributed by atoms with van der Waals surface area (Å²) >= 11 is 0. The number of benzene rings is 3. The van der Waals surface area contributed by atoms with Gasteiger partial charge < -0.3 is 43.5 Å². The quantitative estimate of drug-likeness (QED) is 0.0763. The molecule has 0 spiro atoms. The van der Waals surface area contributed by atoms with Crippen molar-refractivity contribution in [2.24, 2.45) is 5.73 Å². The molecule has 98 heavy (non-hydrogen) atoms. The number of nitrogens with zero attached hydrogens (tertiary/aromatic N) is 13. The number of rotatable bonds is 17. The smallest absolute Gasteiger partial charge is 0.268 e. The lowest BCUT2D eigenvalue weighted by Crippen LogP contribution is -2.35. The van der Waals surface area contributed by atoms with Gasteiger partial charge in [0.05, 0.1) is 52.8 Å². The fraction of sp³-hybridized carbons (Fsp3) is 0.303. The maximum atomic E-state index is 12.4. The van der Waals surface area contributed by atoms with Crippen molar-refractivity contribution in [2.75, 3.05) is 7.05 Å². The zero-order valence-electron chi connectivity index (χ0n) is 57.4. The molecule has 9 heterocycles. The van der Waals surface area contributed by atoms with Gasteiger partial charge in [-0.3, -0.25) is 29.3 Å². The molecule has 4 N–H and O–H groups in total. The number of pyridine rings is 3. The maximum absolute atomic E-state index is 12.4. The van der Waals surface area contributed by atoms with Crippen LogP contribution >= 0.6 is 0 Å². The predicted molar refractivity (Wildman–Crippen MR) is 389 cm³/mol. The van der Waals surface area contributed by atoms with Crippen LogP contribution in [0.5, 0.6) is 0 Å². The Hall–Kier alpha value is -10.8. The standard InChI is InChI=1S/C27H31N5O2.C26H27N5O2.C23H24N6O2.4H2/c1-17(2)32-16-21(11-12-25(32)33)23-15-28-18(3)26(30-23)24-13-22(31-34-24)20-9-7-19(8-10-20)14-29-27(4,5)6;1-17-26(24-13-22(30-33-24)19-9-7-18(8-10-19)14-27-2)29-23(15-28-17)20-11-12-25(32)31(16-20)21-5-3-4-6-21;1-13(2)29-12-18(8-9-20(29)30)19-11-25-15(4)21(26-19)23-28-27-22(31-23)17-7-5-6-16(10-17)14(3)24;;;;/h7-13,15-17,29H,14H2,1-6H3;7-13,15-16,21,27H,3-6,14H2,1-2H3;5-14H,24H2,1-4H3;4*1H. The Balaban J connectivity index is 0.000000210. The molecule has 13 rings (SSSR count). The van der Waals surface area contributed by atoms with E-state index in [9.17, 15) is 14.4 Å². The molecule has 0 saturated heterocycles. The number of hydrogen-bond acceptors (Lipinski definition) is 19. The van der Waals surface area contributed by atoms with Crippen LogP contribution in [0.3, 0.4) is 0 Å². The molecule has 12 aromatic rings. The summed E-state index contributed by atoms with van der Waals surface area (Å²) in [6.07, 6.45) is 15.1. The minimum atomic E-state index is -0.0961. The molecule has 1 aliphatic rings. The lowest BCUT2D eigenvalue weighted by molar-refractivity contribution is 0.424. The first-order chi connectivity index (χ1) is 47.1. The summed E-state index contributed by atoms with van der Waals surface area (Å²) in [5.74, 6) is 1.79. The van der Waals surface area contributed by atoms with Crippen molar-refractivity contribution in [3.63, 3.8) is 0 Å². The highest BCUT2D eigenvalue weighted by Gasteiger charge is 2.23. The number of nitrogens with two attached hydrogens (primary N) is 1. The van der Waals surface area contributed by atoms with Gasteiger partial charge in [-0.05, 0) is 143 Å². The van der Waals surface area contributed by atoms with E-state index in [0.717, 1.165) is 87.7 Å². The first-order valence-electron chi connectivity index (χ1n) is 33.0. The summed E-state index contributed by atoms with van der Waals surface area (Å²) in [4.78, 5) is 64.5. The van der Waals surface area contributed by atoms with E-state index in [4.69, 9.17) is 34.1 Å². The number of aromatic nitrogens is 13. The topological polar surface area (TPSA) is 284 Å². The highest BCUT2D eigenvalue weighted by atomic mass is 16.5. The van der Waals surface area contributed by atoms with E-state index in [2.05, 4.69) is 91.1 Å². The second kappa shape index (κ2) is 30.1. The molecule has 22 heteroatoms. The van der Waals surface area contributed by atoms with Crippen LogP contribution in [-0.4, -0.2) is 76.7 Å². The molecule has 22 nitrogen and oxygen atoms in total. The molecule has 0 radical (unpaired) electrons. The molecule has 0 amide bonds. The molecule has 3 aromatic carbocycles. The van der Waals surface area contributed by atoms with Crippen molar-refractivity contribution >= 4 is 0 Å². The van der Waals surface area contributed by atoms with Crippen LogP contribution in [-0.2, 0) is 13.1 Å². The number of nitrogens with one attached hydrogen (secondary N) is 2. The predicted octanol–water partition coefficient (Wildman–Crippen LogP) is 15.1. The highest BCUT2D eigenvalue weighted by Crippen LogP contribution is 2.34. The van der Waals surface area contributed by atoms with Gasteiger partial charge in [0.1, 0.15) is 28.5 Å². The lowest BCUT2D eigenvalue weighted by atomic mass is 10.1. The van der Waals surface area contributed by atoms with Gasteiger partial charge in [-0.25, -0.2) is 15.0 Å². The van der Waals surface area contributed by atoms with Crippen molar-refractivity contribution < 1.29 is 19.2 Å². The summed E-state index contributed by atoms with van der Waals surface area (Å²) in [7, 11) is 1.93. The lowest BCUT2D eigenvalue weighted by Gasteiger charge is -2.20. The Bertz CT molecular complexity index is 4960. The minimum Gasteiger partial charge on any atom is -0.415 e. The van der Waals surface area contributed by atoms with E-state index in [1.54, 1.807) is 58.2 Å². The van der Waals surface area contributed by atoms with Gasteiger partial charge in [-0.15, -0.1) is 10.2 Å². The van der Waals surface area contributed by atoms with Crippen LogP contribution < -0.4 is 33.0 Å². The third-order valence-electron chi connectivity index (χ3n) is 16.9. The third-order valence-corrected chi connectivity index (χ3v) is 16.9. The Labute approximate surface area is 574 Å². The van der Waals surface area contributed by atoms with Gasteiger partial charge in [-0.1, -0.05) is 83.8 Å². The van der Waals surface area contributed by atoms with Crippen molar-refractivity contribution in [1.82, 2.24) is 74.7 Å². The van der Waals surface area contributed by atoms with Crippen molar-refractivity contribution in [3.8, 4) is 102 Å². The molecule has 1 saturated carbocycles. The number of hydrogen-bond donors (Lipinski definition) is 3. The Morgan fingerprint density at radius 2 is 0.980 bits per heavy atom. The van der Waals surface area contributed by atoms with Gasteiger partial charge in [0.2, 0.25) is 5.89 Å². The average Bonchev–Trinajstić information content (AvgIpc) is 1.42. The van der Waals surface area contributed by atoms with E-state index < -0.39 is 0 Å². The van der Waals surface area contributed by atoms with Crippen LogP contribution in [0.4, 0.5) is 0 Å². The van der Waals surface area contributed by atoms with Crippen molar-refractivity contribution in [2.45, 2.75) is 145 Å².